The van der Waals surface area contributed by atoms with Gasteiger partial charge in [-0.15, -0.1) is 0 Å². The summed E-state index contributed by atoms with van der Waals surface area (Å²) in [6.07, 6.45) is 1.64. The number of aromatic nitrogens is 1. The molecular weight excluding hydrogens is 240 g/mol. The van der Waals surface area contributed by atoms with Crippen molar-refractivity contribution in [3.63, 3.8) is 0 Å². The van der Waals surface area contributed by atoms with Crippen LogP contribution >= 0.6 is 0 Å². The summed E-state index contributed by atoms with van der Waals surface area (Å²) in [4.78, 5) is 4.20. The monoisotopic (exact) mass is 254 g/mol. The molecule has 0 aliphatic carbocycles. The smallest absolute Gasteiger partial charge is 0.151 e. The summed E-state index contributed by atoms with van der Waals surface area (Å²) in [5.41, 5.74) is 2.88. The molecule has 4 nitrogen and oxygen atoms in total. The van der Waals surface area contributed by atoms with Crippen LogP contribution in [0.3, 0.4) is 0 Å². The maximum atomic E-state index is 9.24. The summed E-state index contributed by atoms with van der Waals surface area (Å²) in [6.45, 7) is 3.65. The lowest BCUT2D eigenvalue weighted by Crippen LogP contribution is -1.99. The number of benzene rings is 1. The van der Waals surface area contributed by atoms with E-state index in [1.807, 2.05) is 13.8 Å². The molecule has 0 saturated carbocycles. The SMILES string of the molecule is Cc1ncc(CO)c(C)c1Oc1cccc(C#N)c1. The topological polar surface area (TPSA) is 66.1 Å². The number of hydrogen-bond donors (Lipinski definition) is 1. The van der Waals surface area contributed by atoms with Crippen molar-refractivity contribution in [2.75, 3.05) is 0 Å². The Labute approximate surface area is 111 Å². The van der Waals surface area contributed by atoms with E-state index < -0.39 is 0 Å². The molecule has 0 aliphatic heterocycles. The minimum Gasteiger partial charge on any atom is -0.455 e. The molecule has 0 unspecified atom stereocenters. The molecule has 0 aliphatic rings. The third-order valence-corrected chi connectivity index (χ3v) is 2.92. The highest BCUT2D eigenvalue weighted by Crippen LogP contribution is 2.29. The van der Waals surface area contributed by atoms with E-state index in [9.17, 15) is 5.11 Å². The first-order chi connectivity index (χ1) is 9.15. The molecule has 1 heterocycles. The quantitative estimate of drug-likeness (QED) is 0.914. The van der Waals surface area contributed by atoms with Crippen LogP contribution in [0.15, 0.2) is 30.5 Å². The second-order valence-electron chi connectivity index (χ2n) is 4.22. The molecular formula is C15H14N2O2. The predicted molar refractivity (Wildman–Crippen MR) is 70.9 cm³/mol. The van der Waals surface area contributed by atoms with E-state index in [0.717, 1.165) is 16.8 Å². The molecule has 0 spiro atoms. The van der Waals surface area contributed by atoms with Crippen LogP contribution in [-0.2, 0) is 6.61 Å². The first kappa shape index (κ1) is 13.1. The molecule has 0 saturated heterocycles. The van der Waals surface area contributed by atoms with Crippen LogP contribution < -0.4 is 4.74 Å². The Morgan fingerprint density at radius 1 is 1.37 bits per heavy atom. The minimum atomic E-state index is -0.0757. The normalized spacial score (nSPS) is 10.0. The van der Waals surface area contributed by atoms with Gasteiger partial charge in [-0.25, -0.2) is 0 Å². The van der Waals surface area contributed by atoms with Gasteiger partial charge in [0.25, 0.3) is 0 Å². The van der Waals surface area contributed by atoms with Gasteiger partial charge in [-0.2, -0.15) is 5.26 Å². The molecule has 0 amide bonds. The number of aryl methyl sites for hydroxylation is 1. The molecule has 4 heteroatoms. The van der Waals surface area contributed by atoms with Crippen molar-refractivity contribution < 1.29 is 9.84 Å². The number of aliphatic hydroxyl groups excluding tert-OH is 1. The summed E-state index contributed by atoms with van der Waals surface area (Å²) >= 11 is 0. The minimum absolute atomic E-state index is 0.0757. The summed E-state index contributed by atoms with van der Waals surface area (Å²) in [6, 6.07) is 9.01. The Balaban J connectivity index is 2.40. The number of hydrogen-bond acceptors (Lipinski definition) is 4. The largest absolute Gasteiger partial charge is 0.455 e. The van der Waals surface area contributed by atoms with E-state index >= 15 is 0 Å². The third-order valence-electron chi connectivity index (χ3n) is 2.92. The van der Waals surface area contributed by atoms with E-state index in [0.29, 0.717) is 17.1 Å². The van der Waals surface area contributed by atoms with Crippen molar-refractivity contribution in [2.24, 2.45) is 0 Å². The number of aliphatic hydroxyl groups is 1. The molecule has 0 radical (unpaired) electrons. The van der Waals surface area contributed by atoms with E-state index in [1.165, 1.54) is 0 Å². The predicted octanol–water partition coefficient (Wildman–Crippen LogP) is 2.85. The second-order valence-corrected chi connectivity index (χ2v) is 4.22. The van der Waals surface area contributed by atoms with Crippen LogP contribution in [0.5, 0.6) is 11.5 Å². The van der Waals surface area contributed by atoms with Crippen LogP contribution in [0.1, 0.15) is 22.4 Å². The van der Waals surface area contributed by atoms with Gasteiger partial charge in [-0.3, -0.25) is 4.98 Å². The van der Waals surface area contributed by atoms with Gasteiger partial charge in [0.1, 0.15) is 5.75 Å². The van der Waals surface area contributed by atoms with Crippen LogP contribution in [0.25, 0.3) is 0 Å². The molecule has 0 fully saturated rings. The van der Waals surface area contributed by atoms with E-state index in [1.54, 1.807) is 30.5 Å². The van der Waals surface area contributed by atoms with Crippen molar-refractivity contribution in [1.82, 2.24) is 4.98 Å². The lowest BCUT2D eigenvalue weighted by Gasteiger charge is -2.13. The second kappa shape index (κ2) is 5.51. The Bertz CT molecular complexity index is 645. The molecule has 19 heavy (non-hydrogen) atoms. The molecule has 0 atom stereocenters. The average molecular weight is 254 g/mol. The molecule has 1 aromatic carbocycles. The van der Waals surface area contributed by atoms with E-state index in [-0.39, 0.29) is 6.61 Å². The molecule has 96 valence electrons. The highest BCUT2D eigenvalue weighted by Gasteiger charge is 2.10. The van der Waals surface area contributed by atoms with Gasteiger partial charge in [0.15, 0.2) is 5.75 Å². The van der Waals surface area contributed by atoms with Gasteiger partial charge in [-0.1, -0.05) is 6.07 Å². The van der Waals surface area contributed by atoms with Crippen molar-refractivity contribution >= 4 is 0 Å². The first-order valence-corrected chi connectivity index (χ1v) is 5.89. The maximum absolute atomic E-state index is 9.24. The zero-order valence-electron chi connectivity index (χ0n) is 10.8. The fourth-order valence-electron chi connectivity index (χ4n) is 1.80. The Hall–Kier alpha value is -2.38. The molecule has 1 aromatic heterocycles. The third kappa shape index (κ3) is 2.72. The fourth-order valence-corrected chi connectivity index (χ4v) is 1.80. The van der Waals surface area contributed by atoms with Gasteiger partial charge < -0.3 is 9.84 Å². The van der Waals surface area contributed by atoms with Crippen molar-refractivity contribution in [3.8, 4) is 17.6 Å². The molecule has 2 rings (SSSR count). The lowest BCUT2D eigenvalue weighted by molar-refractivity contribution is 0.279. The average Bonchev–Trinajstić information content (AvgIpc) is 2.44. The lowest BCUT2D eigenvalue weighted by atomic mass is 10.1. The summed E-state index contributed by atoms with van der Waals surface area (Å²) in [7, 11) is 0. The van der Waals surface area contributed by atoms with Crippen LogP contribution in [0.4, 0.5) is 0 Å². The summed E-state index contributed by atoms with van der Waals surface area (Å²) in [5.74, 6) is 1.21. The molecule has 2 aromatic rings. The van der Waals surface area contributed by atoms with E-state index in [2.05, 4.69) is 11.1 Å². The van der Waals surface area contributed by atoms with Crippen molar-refractivity contribution in [3.05, 3.63) is 52.8 Å². The van der Waals surface area contributed by atoms with Gasteiger partial charge in [0.2, 0.25) is 0 Å². The van der Waals surface area contributed by atoms with Crippen molar-refractivity contribution in [1.29, 1.82) is 5.26 Å². The van der Waals surface area contributed by atoms with Crippen LogP contribution in [-0.4, -0.2) is 10.1 Å². The zero-order valence-corrected chi connectivity index (χ0v) is 10.8. The molecule has 1 N–H and O–H groups in total. The summed E-state index contributed by atoms with van der Waals surface area (Å²) in [5, 5.41) is 18.1. The maximum Gasteiger partial charge on any atom is 0.151 e. The Morgan fingerprint density at radius 3 is 2.84 bits per heavy atom. The Kier molecular flexibility index (Phi) is 3.79. The summed E-state index contributed by atoms with van der Waals surface area (Å²) < 4.78 is 5.80. The number of nitriles is 1. The highest BCUT2D eigenvalue weighted by atomic mass is 16.5. The Morgan fingerprint density at radius 2 is 2.16 bits per heavy atom. The van der Waals surface area contributed by atoms with Gasteiger partial charge >= 0.3 is 0 Å². The standard InChI is InChI=1S/C15H14N2O2/c1-10-13(9-18)8-17-11(2)15(10)19-14-5-3-4-12(6-14)7-16/h3-6,8,18H,9H2,1-2H3. The zero-order chi connectivity index (χ0) is 13.8. The van der Waals surface area contributed by atoms with Crippen LogP contribution in [0.2, 0.25) is 0 Å². The van der Waals surface area contributed by atoms with Gasteiger partial charge in [0.05, 0.1) is 23.9 Å². The molecule has 0 bridgehead atoms. The number of ether oxygens (including phenoxy) is 1. The fraction of sp³-hybridized carbons (Fsp3) is 0.200. The highest BCUT2D eigenvalue weighted by molar-refractivity contribution is 5.45. The number of rotatable bonds is 3. The van der Waals surface area contributed by atoms with Gasteiger partial charge in [-0.05, 0) is 32.0 Å². The number of pyridine rings is 1. The van der Waals surface area contributed by atoms with E-state index in [4.69, 9.17) is 10.00 Å². The first-order valence-electron chi connectivity index (χ1n) is 5.89. The van der Waals surface area contributed by atoms with Gasteiger partial charge in [0, 0.05) is 17.3 Å². The van der Waals surface area contributed by atoms with Crippen molar-refractivity contribution in [2.45, 2.75) is 20.5 Å². The van der Waals surface area contributed by atoms with Crippen LogP contribution in [0, 0.1) is 25.2 Å². The number of nitrogens with zero attached hydrogens (tertiary/aromatic N) is 2.